The van der Waals surface area contributed by atoms with Crippen LogP contribution in [0.3, 0.4) is 0 Å². The Labute approximate surface area is 160 Å². The molecule has 0 fully saturated rings. The van der Waals surface area contributed by atoms with Crippen LogP contribution in [-0.2, 0) is 21.4 Å². The number of benzene rings is 2. The van der Waals surface area contributed by atoms with Gasteiger partial charge in [-0.25, -0.2) is 8.42 Å². The molecule has 2 aromatic carbocycles. The first-order valence-electron chi connectivity index (χ1n) is 8.22. The molecule has 0 spiro atoms. The van der Waals surface area contributed by atoms with Gasteiger partial charge >= 0.3 is 0 Å². The highest BCUT2D eigenvalue weighted by Gasteiger charge is 2.18. The number of carbonyl (C=O) groups is 1. The van der Waals surface area contributed by atoms with Crippen LogP contribution in [0.4, 0.5) is 5.69 Å². The summed E-state index contributed by atoms with van der Waals surface area (Å²) >= 11 is 5.91. The van der Waals surface area contributed by atoms with Gasteiger partial charge in [0.05, 0.1) is 6.26 Å². The summed E-state index contributed by atoms with van der Waals surface area (Å²) in [5.41, 5.74) is 3.52. The van der Waals surface area contributed by atoms with Gasteiger partial charge in [0.15, 0.2) is 0 Å². The molecule has 0 saturated heterocycles. The monoisotopic (exact) mass is 394 g/mol. The van der Waals surface area contributed by atoms with Crippen LogP contribution in [-0.4, -0.2) is 31.4 Å². The van der Waals surface area contributed by atoms with E-state index in [2.05, 4.69) is 5.32 Å². The van der Waals surface area contributed by atoms with E-state index in [1.165, 1.54) is 4.31 Å². The van der Waals surface area contributed by atoms with Crippen LogP contribution >= 0.6 is 11.6 Å². The summed E-state index contributed by atoms with van der Waals surface area (Å²) in [6.45, 7) is 4.18. The predicted molar refractivity (Wildman–Crippen MR) is 106 cm³/mol. The highest BCUT2D eigenvalue weighted by molar-refractivity contribution is 7.88. The summed E-state index contributed by atoms with van der Waals surface area (Å²) in [7, 11) is -3.42. The summed E-state index contributed by atoms with van der Waals surface area (Å²) in [5.74, 6) is -0.243. The Morgan fingerprint density at radius 1 is 1.12 bits per heavy atom. The lowest BCUT2D eigenvalue weighted by molar-refractivity contribution is -0.116. The van der Waals surface area contributed by atoms with E-state index >= 15 is 0 Å². The molecular weight excluding hydrogens is 372 g/mol. The molecule has 26 heavy (non-hydrogen) atoms. The van der Waals surface area contributed by atoms with E-state index in [9.17, 15) is 13.2 Å². The summed E-state index contributed by atoms with van der Waals surface area (Å²) < 4.78 is 25.4. The van der Waals surface area contributed by atoms with Gasteiger partial charge in [-0.1, -0.05) is 41.4 Å². The third-order valence-corrected chi connectivity index (χ3v) is 5.48. The lowest BCUT2D eigenvalue weighted by atomic mass is 10.1. The zero-order chi connectivity index (χ0) is 19.3. The maximum atomic E-state index is 12.2. The lowest BCUT2D eigenvalue weighted by Gasteiger charge is -2.20. The topological polar surface area (TPSA) is 66.5 Å². The van der Waals surface area contributed by atoms with Crippen LogP contribution in [0.5, 0.6) is 0 Å². The molecule has 0 heterocycles. The predicted octanol–water partition coefficient (Wildman–Crippen LogP) is 3.75. The molecule has 5 nitrogen and oxygen atoms in total. The molecular formula is C19H23ClN2O3S. The van der Waals surface area contributed by atoms with Crippen molar-refractivity contribution < 1.29 is 13.2 Å². The molecule has 0 unspecified atom stereocenters. The molecule has 0 saturated carbocycles. The van der Waals surface area contributed by atoms with Crippen molar-refractivity contribution in [2.75, 3.05) is 18.1 Å². The molecule has 0 aliphatic carbocycles. The number of halogens is 1. The van der Waals surface area contributed by atoms with Crippen molar-refractivity contribution in [2.45, 2.75) is 26.8 Å². The second-order valence-electron chi connectivity index (χ2n) is 6.34. The third kappa shape index (κ3) is 6.12. The normalized spacial score (nSPS) is 11.6. The summed E-state index contributed by atoms with van der Waals surface area (Å²) in [6.07, 6.45) is 1.23. The minimum Gasteiger partial charge on any atom is -0.326 e. The summed E-state index contributed by atoms with van der Waals surface area (Å²) in [5, 5.41) is 3.40. The lowest BCUT2D eigenvalue weighted by Crippen LogP contribution is -2.32. The van der Waals surface area contributed by atoms with E-state index in [0.29, 0.717) is 10.7 Å². The smallest absolute Gasteiger partial charge is 0.225 e. The Kier molecular flexibility index (Phi) is 6.81. The standard InChI is InChI=1S/C19H23ClN2O3S/c1-14-4-6-16(7-5-14)13-22(26(3,24)25)11-10-19(23)21-18-9-8-17(20)12-15(18)2/h4-9,12H,10-11,13H2,1-3H3,(H,21,23). The van der Waals surface area contributed by atoms with Gasteiger partial charge in [-0.2, -0.15) is 4.31 Å². The van der Waals surface area contributed by atoms with E-state index in [-0.39, 0.29) is 25.4 Å². The van der Waals surface area contributed by atoms with Gasteiger partial charge < -0.3 is 5.32 Å². The van der Waals surface area contributed by atoms with Crippen molar-refractivity contribution in [3.8, 4) is 0 Å². The quantitative estimate of drug-likeness (QED) is 0.777. The molecule has 7 heteroatoms. The second kappa shape index (κ2) is 8.66. The third-order valence-electron chi connectivity index (χ3n) is 4.00. The van der Waals surface area contributed by atoms with E-state index in [0.717, 1.165) is 22.9 Å². The van der Waals surface area contributed by atoms with Gasteiger partial charge in [0.2, 0.25) is 15.9 Å². The Hall–Kier alpha value is -1.89. The molecule has 0 atom stereocenters. The maximum Gasteiger partial charge on any atom is 0.225 e. The number of nitrogens with one attached hydrogen (secondary N) is 1. The number of amides is 1. The van der Waals surface area contributed by atoms with E-state index in [1.54, 1.807) is 18.2 Å². The van der Waals surface area contributed by atoms with E-state index in [4.69, 9.17) is 11.6 Å². The van der Waals surface area contributed by atoms with Gasteiger partial charge in [-0.15, -0.1) is 0 Å². The molecule has 0 aromatic heterocycles. The molecule has 1 amide bonds. The average molecular weight is 395 g/mol. The minimum absolute atomic E-state index is 0.0704. The second-order valence-corrected chi connectivity index (χ2v) is 8.76. The largest absolute Gasteiger partial charge is 0.326 e. The molecule has 0 bridgehead atoms. The number of aryl methyl sites for hydroxylation is 2. The van der Waals surface area contributed by atoms with Crippen LogP contribution in [0.1, 0.15) is 23.1 Å². The van der Waals surface area contributed by atoms with Crippen molar-refractivity contribution in [1.29, 1.82) is 0 Å². The van der Waals surface area contributed by atoms with Gasteiger partial charge in [0.25, 0.3) is 0 Å². The van der Waals surface area contributed by atoms with Crippen molar-refractivity contribution >= 4 is 33.2 Å². The van der Waals surface area contributed by atoms with Gasteiger partial charge in [-0.05, 0) is 43.2 Å². The first kappa shape index (κ1) is 20.4. The molecule has 2 aromatic rings. The minimum atomic E-state index is -3.42. The van der Waals surface area contributed by atoms with Crippen LogP contribution in [0, 0.1) is 13.8 Å². The van der Waals surface area contributed by atoms with Crippen LogP contribution in [0.15, 0.2) is 42.5 Å². The Bertz CT molecular complexity index is 880. The fraction of sp³-hybridized carbons (Fsp3) is 0.316. The van der Waals surface area contributed by atoms with Crippen molar-refractivity contribution in [3.63, 3.8) is 0 Å². The number of sulfonamides is 1. The SMILES string of the molecule is Cc1ccc(CN(CCC(=O)Nc2ccc(Cl)cc2C)S(C)(=O)=O)cc1. The average Bonchev–Trinajstić information content (AvgIpc) is 2.54. The molecule has 140 valence electrons. The Balaban J connectivity index is 2.00. The van der Waals surface area contributed by atoms with Crippen molar-refractivity contribution in [2.24, 2.45) is 0 Å². The number of nitrogens with zero attached hydrogens (tertiary/aromatic N) is 1. The number of anilines is 1. The van der Waals surface area contributed by atoms with Gasteiger partial charge in [0, 0.05) is 30.2 Å². The maximum absolute atomic E-state index is 12.2. The van der Waals surface area contributed by atoms with Crippen LogP contribution in [0.25, 0.3) is 0 Å². The number of carbonyl (C=O) groups excluding carboxylic acids is 1. The van der Waals surface area contributed by atoms with E-state index < -0.39 is 10.0 Å². The molecule has 1 N–H and O–H groups in total. The number of rotatable bonds is 7. The summed E-state index contributed by atoms with van der Waals surface area (Å²) in [4.78, 5) is 12.2. The molecule has 2 rings (SSSR count). The first-order valence-corrected chi connectivity index (χ1v) is 10.4. The summed E-state index contributed by atoms with van der Waals surface area (Å²) in [6, 6.07) is 12.9. The zero-order valence-corrected chi connectivity index (χ0v) is 16.7. The highest BCUT2D eigenvalue weighted by Crippen LogP contribution is 2.20. The van der Waals surface area contributed by atoms with E-state index in [1.807, 2.05) is 38.1 Å². The first-order chi connectivity index (χ1) is 12.1. The Morgan fingerprint density at radius 3 is 2.35 bits per heavy atom. The zero-order valence-electron chi connectivity index (χ0n) is 15.1. The van der Waals surface area contributed by atoms with Gasteiger partial charge in [0.1, 0.15) is 0 Å². The molecule has 0 aliphatic heterocycles. The molecule has 0 radical (unpaired) electrons. The highest BCUT2D eigenvalue weighted by atomic mass is 35.5. The number of hydrogen-bond acceptors (Lipinski definition) is 3. The van der Waals surface area contributed by atoms with Crippen molar-refractivity contribution in [3.05, 3.63) is 64.2 Å². The number of hydrogen-bond donors (Lipinski definition) is 1. The van der Waals surface area contributed by atoms with Crippen LogP contribution in [0.2, 0.25) is 5.02 Å². The fourth-order valence-electron chi connectivity index (χ4n) is 2.47. The van der Waals surface area contributed by atoms with Crippen LogP contribution < -0.4 is 5.32 Å². The fourth-order valence-corrected chi connectivity index (χ4v) is 3.50. The molecule has 0 aliphatic rings. The van der Waals surface area contributed by atoms with Crippen molar-refractivity contribution in [1.82, 2.24) is 4.31 Å². The Morgan fingerprint density at radius 2 is 1.77 bits per heavy atom. The van der Waals surface area contributed by atoms with Gasteiger partial charge in [-0.3, -0.25) is 4.79 Å².